The van der Waals surface area contributed by atoms with Crippen molar-refractivity contribution in [1.29, 1.82) is 0 Å². The van der Waals surface area contributed by atoms with E-state index in [-0.39, 0.29) is 41.9 Å². The molecule has 0 aliphatic carbocycles. The maximum atomic E-state index is 12.6. The average molecular weight is 839 g/mol. The van der Waals surface area contributed by atoms with Crippen LogP contribution in [0.3, 0.4) is 0 Å². The van der Waals surface area contributed by atoms with Crippen LogP contribution >= 0.6 is 35.2 Å². The van der Waals surface area contributed by atoms with E-state index in [1.54, 1.807) is 11.8 Å². The highest BCUT2D eigenvalue weighted by molar-refractivity contribution is 7.99. The van der Waals surface area contributed by atoms with Crippen LogP contribution in [0.15, 0.2) is 12.7 Å². The summed E-state index contributed by atoms with van der Waals surface area (Å²) in [6.45, 7) is 2.75. The Bertz CT molecular complexity index is 1700. The first-order valence-corrected chi connectivity index (χ1v) is 21.4. The van der Waals surface area contributed by atoms with Crippen molar-refractivity contribution in [2.75, 3.05) is 43.5 Å². The molecule has 2 amide bonds. The molecule has 24 nitrogen and oxygen atoms in total. The molecule has 53 heavy (non-hydrogen) atoms. The first-order chi connectivity index (χ1) is 24.5. The first-order valence-electron chi connectivity index (χ1n) is 15.7. The van der Waals surface area contributed by atoms with Crippen LogP contribution in [0.2, 0.25) is 0 Å². The van der Waals surface area contributed by atoms with Crippen molar-refractivity contribution in [3.8, 4) is 0 Å². The van der Waals surface area contributed by atoms with E-state index < -0.39 is 78.6 Å². The number of thioether (sulfide) groups is 1. The molecule has 3 rings (SSSR count). The Morgan fingerprint density at radius 3 is 2.42 bits per heavy atom. The summed E-state index contributed by atoms with van der Waals surface area (Å²) in [5.41, 5.74) is 9.99. The van der Waals surface area contributed by atoms with Gasteiger partial charge in [-0.2, -0.15) is 16.1 Å². The van der Waals surface area contributed by atoms with Crippen molar-refractivity contribution in [1.82, 2.24) is 30.2 Å². The predicted octanol–water partition coefficient (Wildman–Crippen LogP) is -1.12. The van der Waals surface area contributed by atoms with Crippen LogP contribution in [0.4, 0.5) is 5.82 Å². The molecule has 2 aromatic heterocycles. The van der Waals surface area contributed by atoms with E-state index in [0.717, 1.165) is 29.4 Å². The molecule has 4 unspecified atom stereocenters. The van der Waals surface area contributed by atoms with Crippen molar-refractivity contribution >= 4 is 64.0 Å². The van der Waals surface area contributed by atoms with Crippen LogP contribution in [0.5, 0.6) is 0 Å². The molecule has 0 bridgehead atoms. The van der Waals surface area contributed by atoms with Crippen LogP contribution in [0, 0.1) is 5.41 Å². The Morgan fingerprint density at radius 2 is 1.75 bits per heavy atom. The smallest absolute Gasteiger partial charge is 0.386 e. The SMILES string of the molecule is CC(N)CCSCCNC(=O)CCNC(=O)C(O)C(C)(C)COP(=O)(O)OP(=O)(O)OC[C@H]1O[C@H](n2cnc3c(N)ncnc32)[C@H](O)[C@@H]1OP(=O)(O)O. The fourth-order valence-corrected chi connectivity index (χ4v) is 8.39. The zero-order valence-corrected chi connectivity index (χ0v) is 32.2. The lowest BCUT2D eigenvalue weighted by Crippen LogP contribution is -2.46. The Kier molecular flexibility index (Phi) is 16.3. The van der Waals surface area contributed by atoms with E-state index in [4.69, 9.17) is 25.3 Å². The number of aliphatic hydroxyl groups is 2. The molecule has 12 N–H and O–H groups in total. The second-order valence-electron chi connectivity index (χ2n) is 12.4. The number of nitrogens with two attached hydrogens (primary N) is 2. The summed E-state index contributed by atoms with van der Waals surface area (Å²) in [4.78, 5) is 75.4. The van der Waals surface area contributed by atoms with Crippen molar-refractivity contribution in [2.45, 2.75) is 70.3 Å². The minimum absolute atomic E-state index is 0.0363. The van der Waals surface area contributed by atoms with E-state index in [0.29, 0.717) is 12.3 Å². The second kappa shape index (κ2) is 19.1. The van der Waals surface area contributed by atoms with Gasteiger partial charge in [0.2, 0.25) is 11.8 Å². The van der Waals surface area contributed by atoms with Crippen LogP contribution < -0.4 is 22.1 Å². The molecule has 3 heterocycles. The Labute approximate surface area is 307 Å². The fraction of sp³-hybridized carbons (Fsp3) is 0.720. The number of rotatable bonds is 22. The number of carbonyl (C=O) groups excluding carboxylic acids is 2. The Morgan fingerprint density at radius 1 is 1.08 bits per heavy atom. The number of amides is 2. The Hall–Kier alpha value is -2.15. The molecule has 0 saturated carbocycles. The summed E-state index contributed by atoms with van der Waals surface area (Å²) >= 11 is 1.63. The summed E-state index contributed by atoms with van der Waals surface area (Å²) < 4.78 is 62.0. The molecule has 8 atom stereocenters. The number of hydrogen-bond acceptors (Lipinski definition) is 18. The summed E-state index contributed by atoms with van der Waals surface area (Å²) in [7, 11) is -16.3. The number of nitrogens with zero attached hydrogens (tertiary/aromatic N) is 4. The van der Waals surface area contributed by atoms with Gasteiger partial charge in [-0.05, 0) is 19.1 Å². The van der Waals surface area contributed by atoms with Gasteiger partial charge in [0.1, 0.15) is 36.3 Å². The summed E-state index contributed by atoms with van der Waals surface area (Å²) in [6.07, 6.45) is -5.89. The van der Waals surface area contributed by atoms with Gasteiger partial charge in [-0.25, -0.2) is 28.6 Å². The molecule has 1 aliphatic heterocycles. The number of ether oxygens (including phenoxy) is 1. The van der Waals surface area contributed by atoms with Crippen molar-refractivity contribution in [3.63, 3.8) is 0 Å². The molecule has 1 saturated heterocycles. The zero-order valence-electron chi connectivity index (χ0n) is 28.7. The van der Waals surface area contributed by atoms with Crippen LogP contribution in [0.25, 0.3) is 11.2 Å². The van der Waals surface area contributed by atoms with Crippen LogP contribution in [-0.4, -0.2) is 129 Å². The number of phosphoric ester groups is 3. The fourth-order valence-electron chi connectivity index (χ4n) is 4.57. The number of aliphatic hydroxyl groups excluding tert-OH is 2. The molecule has 1 fully saturated rings. The number of imidazole rings is 1. The van der Waals surface area contributed by atoms with Crippen molar-refractivity contribution in [3.05, 3.63) is 12.7 Å². The number of phosphoric acid groups is 3. The maximum absolute atomic E-state index is 12.6. The number of nitrogen functional groups attached to an aromatic ring is 1. The average Bonchev–Trinajstić information content (AvgIpc) is 3.60. The van der Waals surface area contributed by atoms with Gasteiger partial charge in [0.25, 0.3) is 0 Å². The third-order valence-corrected chi connectivity index (χ3v) is 11.5. The molecule has 2 aromatic rings. The number of nitrogens with one attached hydrogen (secondary N) is 2. The minimum Gasteiger partial charge on any atom is -0.386 e. The van der Waals surface area contributed by atoms with Gasteiger partial charge < -0.3 is 56.6 Å². The van der Waals surface area contributed by atoms with Crippen LogP contribution in [0.1, 0.15) is 39.8 Å². The monoisotopic (exact) mass is 838 g/mol. The van der Waals surface area contributed by atoms with E-state index in [1.165, 1.54) is 13.8 Å². The van der Waals surface area contributed by atoms with Gasteiger partial charge in [0.05, 0.1) is 19.5 Å². The lowest BCUT2D eigenvalue weighted by atomic mass is 9.87. The maximum Gasteiger partial charge on any atom is 0.481 e. The topological polar surface area (TPSA) is 373 Å². The van der Waals surface area contributed by atoms with Crippen molar-refractivity contribution < 1.29 is 75.7 Å². The third kappa shape index (κ3) is 14.1. The van der Waals surface area contributed by atoms with E-state index >= 15 is 0 Å². The number of carbonyl (C=O) groups is 2. The summed E-state index contributed by atoms with van der Waals surface area (Å²) in [5.74, 6) is 0.225. The molecule has 1 aliphatic rings. The first kappa shape index (κ1) is 45.2. The largest absolute Gasteiger partial charge is 0.481 e. The number of anilines is 1. The van der Waals surface area contributed by atoms with E-state index in [1.807, 2.05) is 6.92 Å². The quantitative estimate of drug-likeness (QED) is 0.0495. The number of aromatic nitrogens is 4. The van der Waals surface area contributed by atoms with Gasteiger partial charge in [-0.3, -0.25) is 27.7 Å². The zero-order chi connectivity index (χ0) is 39.8. The standard InChI is InChI=1S/C25H45N8O16P3S/c1-14(26)5-8-53-9-7-28-16(34)4-6-29-23(37)20(36)25(2,3)11-46-52(43,44)49-51(41,42)45-10-15-19(48-50(38,39)40)18(35)24(47-15)33-13-32-17-21(27)30-12-31-22(17)33/h12-15,18-20,24,35-36H,4-11,26H2,1-3H3,(H,28,34)(H,29,37)(H,41,42)(H,43,44)(H2,27,30,31)(H2,38,39,40)/t14?,15-,18-,19-,20?,24+/m1/s1. The minimum atomic E-state index is -5.55. The van der Waals surface area contributed by atoms with Gasteiger partial charge in [-0.15, -0.1) is 0 Å². The Balaban J connectivity index is 1.51. The second-order valence-corrected chi connectivity index (χ2v) is 17.9. The summed E-state index contributed by atoms with van der Waals surface area (Å²) in [6, 6.07) is 0.0930. The predicted molar refractivity (Wildman–Crippen MR) is 185 cm³/mol. The highest BCUT2D eigenvalue weighted by atomic mass is 32.2. The molecular weight excluding hydrogens is 793 g/mol. The number of hydrogen-bond donors (Lipinski definition) is 10. The number of fused-ring (bicyclic) bond motifs is 1. The molecule has 302 valence electrons. The molecule has 0 aromatic carbocycles. The van der Waals surface area contributed by atoms with Gasteiger partial charge in [0, 0.05) is 36.7 Å². The molecule has 0 radical (unpaired) electrons. The molecule has 0 spiro atoms. The normalized spacial score (nSPS) is 22.9. The highest BCUT2D eigenvalue weighted by Gasteiger charge is 2.50. The molecule has 28 heteroatoms. The van der Waals surface area contributed by atoms with E-state index in [9.17, 15) is 53.1 Å². The highest BCUT2D eigenvalue weighted by Crippen LogP contribution is 2.61. The molecular formula is C25H45N8O16P3S. The summed E-state index contributed by atoms with van der Waals surface area (Å²) in [5, 5.41) is 26.5. The van der Waals surface area contributed by atoms with Crippen molar-refractivity contribution in [2.24, 2.45) is 11.1 Å². The lowest BCUT2D eigenvalue weighted by Gasteiger charge is -2.30. The van der Waals surface area contributed by atoms with E-state index in [2.05, 4.69) is 34.4 Å². The van der Waals surface area contributed by atoms with Gasteiger partial charge in [0.15, 0.2) is 17.7 Å². The van der Waals surface area contributed by atoms with Gasteiger partial charge in [-0.1, -0.05) is 13.8 Å². The lowest BCUT2D eigenvalue weighted by molar-refractivity contribution is -0.137. The van der Waals surface area contributed by atoms with Gasteiger partial charge >= 0.3 is 23.5 Å². The third-order valence-electron chi connectivity index (χ3n) is 7.36. The van der Waals surface area contributed by atoms with Crippen LogP contribution in [-0.2, 0) is 45.9 Å².